The molecule has 20 heavy (non-hydrogen) atoms. The van der Waals surface area contributed by atoms with Gasteiger partial charge in [-0.05, 0) is 18.2 Å². The molecule has 0 radical (unpaired) electrons. The molecular weight excluding hydrogens is 280 g/mol. The topological polar surface area (TPSA) is 115 Å². The van der Waals surface area contributed by atoms with Crippen molar-refractivity contribution in [2.75, 3.05) is 10.5 Å². The Hall–Kier alpha value is -2.68. The third-order valence-corrected chi connectivity index (χ3v) is 3.92. The van der Waals surface area contributed by atoms with Gasteiger partial charge in [-0.1, -0.05) is 6.07 Å². The lowest BCUT2D eigenvalue weighted by Crippen LogP contribution is -2.18. The van der Waals surface area contributed by atoms with Crippen molar-refractivity contribution in [1.82, 2.24) is 19.4 Å². The maximum absolute atomic E-state index is 12.4. The van der Waals surface area contributed by atoms with Gasteiger partial charge in [0.25, 0.3) is 10.0 Å². The van der Waals surface area contributed by atoms with Crippen LogP contribution in [0.4, 0.5) is 11.8 Å². The molecule has 3 rings (SSSR count). The van der Waals surface area contributed by atoms with Crippen LogP contribution in [0.5, 0.6) is 0 Å². The maximum Gasteiger partial charge on any atom is 0.284 e. The Balaban J connectivity index is 2.12. The number of fused-ring (bicyclic) bond motifs is 1. The summed E-state index contributed by atoms with van der Waals surface area (Å²) in [5.74, 6) is -0.114. The molecule has 0 aliphatic carbocycles. The molecule has 0 aliphatic heterocycles. The van der Waals surface area contributed by atoms with Crippen LogP contribution in [-0.2, 0) is 10.0 Å². The van der Waals surface area contributed by atoms with Crippen LogP contribution in [0.25, 0.3) is 5.65 Å². The number of pyridine rings is 1. The third kappa shape index (κ3) is 2.03. The van der Waals surface area contributed by atoms with E-state index >= 15 is 0 Å². The van der Waals surface area contributed by atoms with Crippen LogP contribution in [0.15, 0.2) is 47.9 Å². The van der Waals surface area contributed by atoms with Crippen LogP contribution >= 0.6 is 0 Å². The number of hydrogen-bond acceptors (Lipinski definition) is 6. The number of sulfonamides is 1. The van der Waals surface area contributed by atoms with E-state index in [2.05, 4.69) is 19.7 Å². The summed E-state index contributed by atoms with van der Waals surface area (Å²) in [4.78, 5) is 11.6. The summed E-state index contributed by atoms with van der Waals surface area (Å²) in [6.45, 7) is 0. The lowest BCUT2D eigenvalue weighted by Gasteiger charge is -2.06. The molecule has 0 saturated carbocycles. The van der Waals surface area contributed by atoms with E-state index in [-0.39, 0.29) is 16.8 Å². The molecule has 9 heteroatoms. The zero-order valence-electron chi connectivity index (χ0n) is 10.1. The number of imidazole rings is 1. The molecule has 3 aromatic rings. The van der Waals surface area contributed by atoms with Crippen LogP contribution in [0, 0.1) is 0 Å². The molecular formula is C11H10N6O2S. The van der Waals surface area contributed by atoms with E-state index < -0.39 is 10.0 Å². The van der Waals surface area contributed by atoms with Crippen molar-refractivity contribution >= 4 is 27.4 Å². The molecule has 0 bridgehead atoms. The first kappa shape index (κ1) is 12.4. The van der Waals surface area contributed by atoms with Gasteiger partial charge in [-0.2, -0.15) is 8.42 Å². The number of rotatable bonds is 3. The Morgan fingerprint density at radius 3 is 2.65 bits per heavy atom. The van der Waals surface area contributed by atoms with E-state index in [0.717, 1.165) is 0 Å². The fourth-order valence-corrected chi connectivity index (χ4v) is 2.96. The Labute approximate surface area is 114 Å². The first-order valence-corrected chi connectivity index (χ1v) is 7.08. The van der Waals surface area contributed by atoms with Crippen molar-refractivity contribution in [2.45, 2.75) is 5.03 Å². The molecule has 0 atom stereocenters. The Morgan fingerprint density at radius 2 is 1.90 bits per heavy atom. The first-order valence-electron chi connectivity index (χ1n) is 5.60. The van der Waals surface area contributed by atoms with E-state index in [9.17, 15) is 8.42 Å². The molecule has 3 heterocycles. The summed E-state index contributed by atoms with van der Waals surface area (Å²) in [7, 11) is -3.93. The van der Waals surface area contributed by atoms with E-state index in [0.29, 0.717) is 5.65 Å². The largest absolute Gasteiger partial charge is 0.381 e. The number of hydrogen-bond donors (Lipinski definition) is 2. The average molecular weight is 290 g/mol. The molecule has 0 aromatic carbocycles. The predicted octanol–water partition coefficient (Wildman–Crippen LogP) is 0.507. The first-order chi connectivity index (χ1) is 9.58. The lowest BCUT2D eigenvalue weighted by molar-refractivity contribution is 0.596. The number of nitrogens with two attached hydrogens (primary N) is 1. The van der Waals surface area contributed by atoms with Crippen LogP contribution in [0.1, 0.15) is 0 Å². The van der Waals surface area contributed by atoms with Gasteiger partial charge < -0.3 is 5.73 Å². The standard InChI is InChI=1S/C11H10N6O2S/c12-9-10(17-7-2-1-4-8(17)15-9)20(18,19)16-11-13-5-3-6-14-11/h1-7H,12H2,(H,13,14,16). The number of anilines is 2. The zero-order valence-corrected chi connectivity index (χ0v) is 10.9. The minimum absolute atomic E-state index is 0.0298. The number of nitrogen functional groups attached to an aromatic ring is 1. The lowest BCUT2D eigenvalue weighted by atomic mass is 10.5. The summed E-state index contributed by atoms with van der Waals surface area (Å²) in [6, 6.07) is 6.67. The SMILES string of the molecule is Nc1nc2ccccn2c1S(=O)(=O)Nc1ncccn1. The second kappa shape index (κ2) is 4.46. The second-order valence-electron chi connectivity index (χ2n) is 3.91. The minimum Gasteiger partial charge on any atom is -0.381 e. The molecule has 3 aromatic heterocycles. The van der Waals surface area contributed by atoms with Gasteiger partial charge in [0.2, 0.25) is 11.0 Å². The van der Waals surface area contributed by atoms with Gasteiger partial charge in [-0.25, -0.2) is 19.7 Å². The van der Waals surface area contributed by atoms with Crippen molar-refractivity contribution in [3.05, 3.63) is 42.9 Å². The van der Waals surface area contributed by atoms with Gasteiger partial charge >= 0.3 is 0 Å². The highest BCUT2D eigenvalue weighted by molar-refractivity contribution is 7.92. The summed E-state index contributed by atoms with van der Waals surface area (Å²) < 4.78 is 28.4. The van der Waals surface area contributed by atoms with E-state index in [1.165, 1.54) is 16.8 Å². The highest BCUT2D eigenvalue weighted by atomic mass is 32.2. The Morgan fingerprint density at radius 1 is 1.15 bits per heavy atom. The highest BCUT2D eigenvalue weighted by Gasteiger charge is 2.24. The van der Waals surface area contributed by atoms with Crippen molar-refractivity contribution in [1.29, 1.82) is 0 Å². The average Bonchev–Trinajstić information content (AvgIpc) is 2.75. The van der Waals surface area contributed by atoms with Gasteiger partial charge in [0, 0.05) is 18.6 Å². The molecule has 0 spiro atoms. The van der Waals surface area contributed by atoms with E-state index in [1.807, 2.05) is 0 Å². The number of nitrogens with zero attached hydrogens (tertiary/aromatic N) is 4. The zero-order chi connectivity index (χ0) is 14.2. The summed E-state index contributed by atoms with van der Waals surface area (Å²) in [5.41, 5.74) is 6.15. The number of aromatic nitrogens is 4. The molecule has 0 amide bonds. The molecule has 102 valence electrons. The normalized spacial score (nSPS) is 11.6. The van der Waals surface area contributed by atoms with Crippen LogP contribution in [0.2, 0.25) is 0 Å². The number of nitrogens with one attached hydrogen (secondary N) is 1. The Bertz CT molecular complexity index is 859. The van der Waals surface area contributed by atoms with E-state index in [4.69, 9.17) is 5.73 Å². The van der Waals surface area contributed by atoms with Gasteiger partial charge in [0.15, 0.2) is 5.82 Å². The van der Waals surface area contributed by atoms with Crippen LogP contribution < -0.4 is 10.5 Å². The van der Waals surface area contributed by atoms with Crippen LogP contribution in [-0.4, -0.2) is 27.8 Å². The molecule has 0 unspecified atom stereocenters. The monoisotopic (exact) mass is 290 g/mol. The molecule has 0 aliphatic rings. The second-order valence-corrected chi connectivity index (χ2v) is 5.51. The predicted molar refractivity (Wildman–Crippen MR) is 72.4 cm³/mol. The molecule has 0 saturated heterocycles. The molecule has 8 nitrogen and oxygen atoms in total. The van der Waals surface area contributed by atoms with Crippen LogP contribution in [0.3, 0.4) is 0 Å². The fraction of sp³-hybridized carbons (Fsp3) is 0. The van der Waals surface area contributed by atoms with Gasteiger partial charge in [-0.3, -0.25) is 4.40 Å². The Kier molecular flexibility index (Phi) is 2.75. The summed E-state index contributed by atoms with van der Waals surface area (Å²) in [5, 5.41) is -0.138. The van der Waals surface area contributed by atoms with Gasteiger partial charge in [-0.15, -0.1) is 0 Å². The molecule has 3 N–H and O–H groups in total. The van der Waals surface area contributed by atoms with Crippen molar-refractivity contribution in [3.8, 4) is 0 Å². The van der Waals surface area contributed by atoms with Crippen molar-refractivity contribution < 1.29 is 8.42 Å². The smallest absolute Gasteiger partial charge is 0.284 e. The highest BCUT2D eigenvalue weighted by Crippen LogP contribution is 2.21. The molecule has 0 fully saturated rings. The summed E-state index contributed by atoms with van der Waals surface area (Å²) in [6.07, 6.45) is 4.44. The van der Waals surface area contributed by atoms with Crippen molar-refractivity contribution in [2.24, 2.45) is 0 Å². The third-order valence-electron chi connectivity index (χ3n) is 2.56. The van der Waals surface area contributed by atoms with Gasteiger partial charge in [0.1, 0.15) is 5.65 Å². The quantitative estimate of drug-likeness (QED) is 0.726. The van der Waals surface area contributed by atoms with E-state index in [1.54, 1.807) is 30.5 Å². The van der Waals surface area contributed by atoms with Crippen molar-refractivity contribution in [3.63, 3.8) is 0 Å². The fourth-order valence-electron chi connectivity index (χ4n) is 1.78. The van der Waals surface area contributed by atoms with Gasteiger partial charge in [0.05, 0.1) is 0 Å². The maximum atomic E-state index is 12.4. The summed E-state index contributed by atoms with van der Waals surface area (Å²) >= 11 is 0. The minimum atomic E-state index is -3.93.